The number of benzene rings is 2. The Morgan fingerprint density at radius 3 is 2.38 bits per heavy atom. The van der Waals surface area contributed by atoms with Crippen LogP contribution in [0.1, 0.15) is 15.9 Å². The van der Waals surface area contributed by atoms with Crippen molar-refractivity contribution in [3.8, 4) is 34.5 Å². The largest absolute Gasteiger partial charge is 0.586 e. The van der Waals surface area contributed by atoms with Crippen LogP contribution < -0.4 is 23.7 Å². The van der Waals surface area contributed by atoms with E-state index in [2.05, 4.69) is 14.2 Å². The van der Waals surface area contributed by atoms with E-state index in [0.717, 1.165) is 31.4 Å². The fourth-order valence-corrected chi connectivity index (χ4v) is 2.60. The standard InChI is InChI=1S/C17H11F5O7/c1-7-13(15(23)24)11(6-12-14(7)29-17(21,22)28-12)26-9-4-3-8(5-10(9)25-2)27-16(18,19)20/h3-6H,1-2H3,(H,23,24). The van der Waals surface area contributed by atoms with Gasteiger partial charge in [-0.25, -0.2) is 4.79 Å². The summed E-state index contributed by atoms with van der Waals surface area (Å²) in [4.78, 5) is 11.6. The molecule has 3 rings (SSSR count). The zero-order valence-corrected chi connectivity index (χ0v) is 14.6. The summed E-state index contributed by atoms with van der Waals surface area (Å²) in [7, 11) is 1.13. The number of rotatable bonds is 5. The number of fused-ring (bicyclic) bond motifs is 1. The van der Waals surface area contributed by atoms with Gasteiger partial charge in [-0.05, 0) is 19.1 Å². The van der Waals surface area contributed by atoms with E-state index >= 15 is 0 Å². The van der Waals surface area contributed by atoms with Gasteiger partial charge in [-0.2, -0.15) is 0 Å². The number of carboxylic acid groups (broad SMARTS) is 1. The third kappa shape index (κ3) is 4.20. The molecule has 0 aromatic heterocycles. The van der Waals surface area contributed by atoms with Gasteiger partial charge in [-0.15, -0.1) is 22.0 Å². The molecule has 0 aliphatic carbocycles. The van der Waals surface area contributed by atoms with Crippen molar-refractivity contribution in [1.29, 1.82) is 0 Å². The van der Waals surface area contributed by atoms with E-state index < -0.39 is 47.2 Å². The fraction of sp³-hybridized carbons (Fsp3) is 0.235. The predicted molar refractivity (Wildman–Crippen MR) is 84.1 cm³/mol. The second-order valence-corrected chi connectivity index (χ2v) is 5.64. The highest BCUT2D eigenvalue weighted by Gasteiger charge is 2.45. The molecule has 0 fully saturated rings. The van der Waals surface area contributed by atoms with Crippen molar-refractivity contribution in [3.63, 3.8) is 0 Å². The molecule has 29 heavy (non-hydrogen) atoms. The molecule has 0 saturated heterocycles. The molecule has 0 spiro atoms. The second-order valence-electron chi connectivity index (χ2n) is 5.64. The summed E-state index contributed by atoms with van der Waals surface area (Å²) in [5, 5.41) is 9.44. The number of alkyl halides is 5. The highest BCUT2D eigenvalue weighted by molar-refractivity contribution is 5.94. The number of hydrogen-bond donors (Lipinski definition) is 1. The first-order valence-corrected chi connectivity index (χ1v) is 7.68. The quantitative estimate of drug-likeness (QED) is 0.699. The van der Waals surface area contributed by atoms with Crippen molar-refractivity contribution in [2.45, 2.75) is 19.6 Å². The normalized spacial score (nSPS) is 14.4. The van der Waals surface area contributed by atoms with E-state index in [1.54, 1.807) is 0 Å². The van der Waals surface area contributed by atoms with Crippen LogP contribution in [0.25, 0.3) is 0 Å². The Kier molecular flexibility index (Phi) is 4.81. The molecule has 2 aromatic carbocycles. The molecule has 0 unspecified atom stereocenters. The lowest BCUT2D eigenvalue weighted by Crippen LogP contribution is -2.26. The van der Waals surface area contributed by atoms with Crippen LogP contribution >= 0.6 is 0 Å². The first kappa shape index (κ1) is 20.3. The minimum Gasteiger partial charge on any atom is -0.493 e. The lowest BCUT2D eigenvalue weighted by molar-refractivity contribution is -0.287. The highest BCUT2D eigenvalue weighted by atomic mass is 19.4. The number of methoxy groups -OCH3 is 1. The Bertz CT molecular complexity index is 972. The lowest BCUT2D eigenvalue weighted by Gasteiger charge is -2.16. The number of carboxylic acids is 1. The molecule has 7 nitrogen and oxygen atoms in total. The average molecular weight is 422 g/mol. The van der Waals surface area contributed by atoms with Crippen molar-refractivity contribution >= 4 is 5.97 Å². The molecule has 2 aromatic rings. The van der Waals surface area contributed by atoms with Crippen molar-refractivity contribution in [2.75, 3.05) is 7.11 Å². The number of halogens is 5. The summed E-state index contributed by atoms with van der Waals surface area (Å²) >= 11 is 0. The number of ether oxygens (including phenoxy) is 5. The van der Waals surface area contributed by atoms with Gasteiger partial charge in [-0.1, -0.05) is 0 Å². The molecular formula is C17H11F5O7. The first-order chi connectivity index (χ1) is 13.4. The van der Waals surface area contributed by atoms with Gasteiger partial charge >= 0.3 is 18.6 Å². The van der Waals surface area contributed by atoms with Gasteiger partial charge in [0.2, 0.25) is 0 Å². The maximum Gasteiger partial charge on any atom is 0.586 e. The summed E-state index contributed by atoms with van der Waals surface area (Å²) in [6.07, 6.45) is -8.93. The van der Waals surface area contributed by atoms with Gasteiger partial charge in [0.25, 0.3) is 0 Å². The van der Waals surface area contributed by atoms with Crippen LogP contribution in [0.4, 0.5) is 22.0 Å². The Labute approximate surface area is 159 Å². The van der Waals surface area contributed by atoms with Gasteiger partial charge < -0.3 is 28.8 Å². The van der Waals surface area contributed by atoms with E-state index in [0.29, 0.717) is 0 Å². The Morgan fingerprint density at radius 1 is 1.10 bits per heavy atom. The molecule has 1 aliphatic rings. The molecule has 0 amide bonds. The van der Waals surface area contributed by atoms with Crippen LogP contribution in [0.5, 0.6) is 34.5 Å². The van der Waals surface area contributed by atoms with E-state index in [-0.39, 0.29) is 17.1 Å². The Balaban J connectivity index is 2.02. The molecule has 0 radical (unpaired) electrons. The predicted octanol–water partition coefficient (Wildman–Crippen LogP) is 4.71. The minimum atomic E-state index is -4.94. The molecule has 0 bridgehead atoms. The van der Waals surface area contributed by atoms with Crippen LogP contribution in [0.3, 0.4) is 0 Å². The van der Waals surface area contributed by atoms with Crippen molar-refractivity contribution in [1.82, 2.24) is 0 Å². The SMILES string of the molecule is COc1cc(OC(F)(F)F)ccc1Oc1cc2c(c(C)c1C(=O)O)OC(F)(F)O2. The third-order valence-corrected chi connectivity index (χ3v) is 3.70. The average Bonchev–Trinajstić information content (AvgIpc) is 2.89. The summed E-state index contributed by atoms with van der Waals surface area (Å²) < 4.78 is 86.5. The maximum atomic E-state index is 13.3. The molecule has 12 heteroatoms. The summed E-state index contributed by atoms with van der Waals surface area (Å²) in [5.74, 6) is -3.92. The van der Waals surface area contributed by atoms with Crippen molar-refractivity contribution < 1.29 is 55.5 Å². The van der Waals surface area contributed by atoms with E-state index in [9.17, 15) is 31.9 Å². The third-order valence-electron chi connectivity index (χ3n) is 3.70. The van der Waals surface area contributed by atoms with Crippen molar-refractivity contribution in [3.05, 3.63) is 35.4 Å². The molecule has 156 valence electrons. The summed E-state index contributed by atoms with van der Waals surface area (Å²) in [6.45, 7) is 1.21. The zero-order valence-electron chi connectivity index (χ0n) is 14.6. The highest BCUT2D eigenvalue weighted by Crippen LogP contribution is 2.49. The van der Waals surface area contributed by atoms with Crippen LogP contribution in [-0.2, 0) is 0 Å². The Morgan fingerprint density at radius 2 is 1.79 bits per heavy atom. The van der Waals surface area contributed by atoms with Crippen LogP contribution in [0.15, 0.2) is 24.3 Å². The second kappa shape index (κ2) is 6.87. The van der Waals surface area contributed by atoms with Gasteiger partial charge in [0, 0.05) is 17.7 Å². The maximum absolute atomic E-state index is 13.3. The molecule has 1 aliphatic heterocycles. The van der Waals surface area contributed by atoms with Gasteiger partial charge in [0.15, 0.2) is 23.0 Å². The summed E-state index contributed by atoms with van der Waals surface area (Å²) in [5.41, 5.74) is -0.708. The first-order valence-electron chi connectivity index (χ1n) is 7.68. The van der Waals surface area contributed by atoms with Crippen LogP contribution in [0.2, 0.25) is 0 Å². The fourth-order valence-electron chi connectivity index (χ4n) is 2.60. The smallest absolute Gasteiger partial charge is 0.493 e. The van der Waals surface area contributed by atoms with E-state index in [4.69, 9.17) is 9.47 Å². The minimum absolute atomic E-state index is 0.196. The van der Waals surface area contributed by atoms with Gasteiger partial charge in [-0.3, -0.25) is 0 Å². The monoisotopic (exact) mass is 422 g/mol. The van der Waals surface area contributed by atoms with Crippen molar-refractivity contribution in [2.24, 2.45) is 0 Å². The van der Waals surface area contributed by atoms with E-state index in [1.165, 1.54) is 6.92 Å². The zero-order chi connectivity index (χ0) is 21.6. The molecule has 0 saturated carbocycles. The van der Waals surface area contributed by atoms with Gasteiger partial charge in [0.1, 0.15) is 17.1 Å². The summed E-state index contributed by atoms with van der Waals surface area (Å²) in [6, 6.07) is 3.66. The number of carbonyl (C=O) groups is 1. The molecule has 0 atom stereocenters. The van der Waals surface area contributed by atoms with Crippen LogP contribution in [0, 0.1) is 6.92 Å². The Hall–Kier alpha value is -3.44. The van der Waals surface area contributed by atoms with Gasteiger partial charge in [0.05, 0.1) is 7.11 Å². The number of aromatic carboxylic acids is 1. The topological polar surface area (TPSA) is 83.5 Å². The molecular weight excluding hydrogens is 411 g/mol. The molecule has 1 N–H and O–H groups in total. The van der Waals surface area contributed by atoms with Crippen LogP contribution in [-0.4, -0.2) is 30.8 Å². The number of hydrogen-bond acceptors (Lipinski definition) is 6. The van der Waals surface area contributed by atoms with E-state index in [1.807, 2.05) is 0 Å². The molecule has 1 heterocycles. The lowest BCUT2D eigenvalue weighted by atomic mass is 10.1.